The van der Waals surface area contributed by atoms with Crippen LogP contribution in [0.2, 0.25) is 0 Å². The molecule has 0 unspecified atom stereocenters. The first kappa shape index (κ1) is 18.3. The highest BCUT2D eigenvalue weighted by Crippen LogP contribution is 2.37. The number of fused-ring (bicyclic) bond motifs is 2. The molecule has 0 aromatic heterocycles. The zero-order valence-corrected chi connectivity index (χ0v) is 16.2. The van der Waals surface area contributed by atoms with Crippen molar-refractivity contribution in [1.29, 1.82) is 0 Å². The standard InChI is InChI=1S/C22H14O7S/c23-22-17-8-7-15(29-30(24,25)16-4-2-1-3-5-16)12-19(17)28-21(22)11-14-6-9-18-20(10-14)27-13-26-18/h1-12H,13H2. The SMILES string of the molecule is O=C1C(=Cc2ccc3c(c2)OCO3)Oc2cc(OS(=O)(=O)c3ccccc3)ccc21. The first-order valence-corrected chi connectivity index (χ1v) is 10.4. The summed E-state index contributed by atoms with van der Waals surface area (Å²) in [6.07, 6.45) is 1.59. The third kappa shape index (κ3) is 3.27. The number of carbonyl (C=O) groups is 1. The van der Waals surface area contributed by atoms with Gasteiger partial charge in [-0.25, -0.2) is 0 Å². The van der Waals surface area contributed by atoms with Gasteiger partial charge in [-0.3, -0.25) is 4.79 Å². The van der Waals surface area contributed by atoms with E-state index in [0.717, 1.165) is 0 Å². The topological polar surface area (TPSA) is 88.1 Å². The molecule has 0 aliphatic carbocycles. The van der Waals surface area contributed by atoms with Gasteiger partial charge in [-0.05, 0) is 48.0 Å². The molecule has 0 bridgehead atoms. The molecule has 3 aromatic carbocycles. The molecule has 0 spiro atoms. The largest absolute Gasteiger partial charge is 0.454 e. The number of rotatable bonds is 4. The summed E-state index contributed by atoms with van der Waals surface area (Å²) in [6.45, 7) is 0.158. The molecule has 7 nitrogen and oxygen atoms in total. The van der Waals surface area contributed by atoms with Gasteiger partial charge in [0, 0.05) is 6.07 Å². The highest BCUT2D eigenvalue weighted by atomic mass is 32.2. The van der Waals surface area contributed by atoms with E-state index in [9.17, 15) is 13.2 Å². The molecule has 0 amide bonds. The molecule has 2 heterocycles. The van der Waals surface area contributed by atoms with Crippen molar-refractivity contribution in [3.8, 4) is 23.0 Å². The predicted octanol–water partition coefficient (Wildman–Crippen LogP) is 3.80. The molecule has 0 N–H and O–H groups in total. The van der Waals surface area contributed by atoms with E-state index in [1.165, 1.54) is 30.3 Å². The predicted molar refractivity (Wildman–Crippen MR) is 106 cm³/mol. The van der Waals surface area contributed by atoms with Gasteiger partial charge in [0.25, 0.3) is 0 Å². The number of benzene rings is 3. The van der Waals surface area contributed by atoms with E-state index in [1.807, 2.05) is 0 Å². The van der Waals surface area contributed by atoms with Crippen molar-refractivity contribution in [2.75, 3.05) is 6.79 Å². The van der Waals surface area contributed by atoms with Crippen LogP contribution in [0, 0.1) is 0 Å². The summed E-state index contributed by atoms with van der Waals surface area (Å²) in [5.41, 5.74) is 1.03. The fourth-order valence-corrected chi connectivity index (χ4v) is 4.08. The van der Waals surface area contributed by atoms with Gasteiger partial charge in [-0.1, -0.05) is 24.3 Å². The van der Waals surface area contributed by atoms with Gasteiger partial charge in [-0.15, -0.1) is 0 Å². The molecule has 150 valence electrons. The van der Waals surface area contributed by atoms with Crippen LogP contribution in [0.1, 0.15) is 15.9 Å². The summed E-state index contributed by atoms with van der Waals surface area (Å²) >= 11 is 0. The molecule has 0 saturated heterocycles. The number of hydrogen-bond donors (Lipinski definition) is 0. The Morgan fingerprint density at radius 2 is 1.67 bits per heavy atom. The number of ether oxygens (including phenoxy) is 3. The average Bonchev–Trinajstić information content (AvgIpc) is 3.32. The van der Waals surface area contributed by atoms with Crippen LogP contribution in [0.4, 0.5) is 0 Å². The van der Waals surface area contributed by atoms with E-state index in [-0.39, 0.29) is 34.7 Å². The number of ketones is 1. The summed E-state index contributed by atoms with van der Waals surface area (Å²) in [7, 11) is -3.99. The summed E-state index contributed by atoms with van der Waals surface area (Å²) < 4.78 is 46.3. The van der Waals surface area contributed by atoms with Crippen molar-refractivity contribution in [2.45, 2.75) is 4.90 Å². The maximum absolute atomic E-state index is 12.6. The molecule has 0 saturated carbocycles. The lowest BCUT2D eigenvalue weighted by Crippen LogP contribution is -2.09. The van der Waals surface area contributed by atoms with Crippen LogP contribution >= 0.6 is 0 Å². The maximum Gasteiger partial charge on any atom is 0.339 e. The molecule has 0 fully saturated rings. The van der Waals surface area contributed by atoms with Crippen molar-refractivity contribution in [1.82, 2.24) is 0 Å². The molecule has 3 aromatic rings. The maximum atomic E-state index is 12.6. The lowest BCUT2D eigenvalue weighted by molar-refractivity contribution is 0.101. The zero-order chi connectivity index (χ0) is 20.7. The van der Waals surface area contributed by atoms with E-state index in [0.29, 0.717) is 22.6 Å². The molecule has 0 radical (unpaired) electrons. The molecule has 0 atom stereocenters. The number of allylic oxidation sites excluding steroid dienone is 1. The van der Waals surface area contributed by atoms with Crippen LogP contribution in [0.3, 0.4) is 0 Å². The minimum absolute atomic E-state index is 0.0332. The summed E-state index contributed by atoms with van der Waals surface area (Å²) in [4.78, 5) is 12.7. The smallest absolute Gasteiger partial charge is 0.339 e. The van der Waals surface area contributed by atoms with Crippen LogP contribution in [0.25, 0.3) is 6.08 Å². The molecule has 30 heavy (non-hydrogen) atoms. The van der Waals surface area contributed by atoms with Crippen molar-refractivity contribution in [2.24, 2.45) is 0 Å². The summed E-state index contributed by atoms with van der Waals surface area (Å²) in [5.74, 6) is 1.32. The number of Topliss-reactive ketones (excluding diaryl/α,β-unsaturated/α-hetero) is 1. The fourth-order valence-electron chi connectivity index (χ4n) is 3.14. The van der Waals surface area contributed by atoms with Crippen molar-refractivity contribution >= 4 is 22.0 Å². The quantitative estimate of drug-likeness (QED) is 0.467. The van der Waals surface area contributed by atoms with Crippen LogP contribution in [0.5, 0.6) is 23.0 Å². The van der Waals surface area contributed by atoms with E-state index < -0.39 is 10.1 Å². The molecule has 2 aliphatic heterocycles. The van der Waals surface area contributed by atoms with Gasteiger partial charge >= 0.3 is 10.1 Å². The minimum Gasteiger partial charge on any atom is -0.454 e. The molecule has 5 rings (SSSR count). The van der Waals surface area contributed by atoms with E-state index in [4.69, 9.17) is 18.4 Å². The Morgan fingerprint density at radius 1 is 0.867 bits per heavy atom. The van der Waals surface area contributed by atoms with E-state index in [1.54, 1.807) is 42.5 Å². The molecule has 2 aliphatic rings. The van der Waals surface area contributed by atoms with Crippen molar-refractivity contribution in [3.63, 3.8) is 0 Å². The normalized spacial score (nSPS) is 15.7. The fraction of sp³-hybridized carbons (Fsp3) is 0.0455. The summed E-state index contributed by atoms with van der Waals surface area (Å²) in [5, 5.41) is 0. The first-order chi connectivity index (χ1) is 14.5. The minimum atomic E-state index is -3.99. The Morgan fingerprint density at radius 3 is 2.50 bits per heavy atom. The van der Waals surface area contributed by atoms with E-state index in [2.05, 4.69) is 0 Å². The molecular formula is C22H14O7S. The Labute approximate surface area is 172 Å². The van der Waals surface area contributed by atoms with Crippen LogP contribution < -0.4 is 18.4 Å². The third-order valence-electron chi connectivity index (χ3n) is 4.57. The molecular weight excluding hydrogens is 408 g/mol. The number of hydrogen-bond acceptors (Lipinski definition) is 7. The van der Waals surface area contributed by atoms with Gasteiger partial charge in [0.2, 0.25) is 12.6 Å². The lowest BCUT2D eigenvalue weighted by Gasteiger charge is -2.07. The van der Waals surface area contributed by atoms with Crippen molar-refractivity contribution < 1.29 is 31.6 Å². The highest BCUT2D eigenvalue weighted by molar-refractivity contribution is 7.87. The van der Waals surface area contributed by atoms with Gasteiger partial charge in [-0.2, -0.15) is 8.42 Å². The lowest BCUT2D eigenvalue weighted by atomic mass is 10.1. The van der Waals surface area contributed by atoms with Crippen LogP contribution in [-0.4, -0.2) is 21.0 Å². The summed E-state index contributed by atoms with van der Waals surface area (Å²) in [6, 6.07) is 17.4. The zero-order valence-electron chi connectivity index (χ0n) is 15.4. The van der Waals surface area contributed by atoms with Crippen molar-refractivity contribution in [3.05, 3.63) is 83.6 Å². The van der Waals surface area contributed by atoms with Gasteiger partial charge in [0.1, 0.15) is 16.4 Å². The Balaban J connectivity index is 1.40. The highest BCUT2D eigenvalue weighted by Gasteiger charge is 2.29. The third-order valence-corrected chi connectivity index (χ3v) is 5.83. The van der Waals surface area contributed by atoms with E-state index >= 15 is 0 Å². The van der Waals surface area contributed by atoms with Crippen LogP contribution in [-0.2, 0) is 10.1 Å². The second-order valence-electron chi connectivity index (χ2n) is 6.56. The van der Waals surface area contributed by atoms with Gasteiger partial charge in [0.05, 0.1) is 5.56 Å². The Kier molecular flexibility index (Phi) is 4.22. The molecule has 8 heteroatoms. The second-order valence-corrected chi connectivity index (χ2v) is 8.11. The van der Waals surface area contributed by atoms with Crippen LogP contribution in [0.15, 0.2) is 77.4 Å². The Hall–Kier alpha value is -3.78. The average molecular weight is 422 g/mol. The Bertz CT molecular complexity index is 1290. The number of carbonyl (C=O) groups excluding carboxylic acids is 1. The second kappa shape index (κ2) is 6.93. The van der Waals surface area contributed by atoms with Gasteiger partial charge in [0.15, 0.2) is 17.3 Å². The monoisotopic (exact) mass is 422 g/mol. The van der Waals surface area contributed by atoms with Gasteiger partial charge < -0.3 is 18.4 Å². The first-order valence-electron chi connectivity index (χ1n) is 8.97.